The molecule has 3 aromatic carbocycles. The van der Waals surface area contributed by atoms with E-state index in [0.29, 0.717) is 5.92 Å². The number of fused-ring (bicyclic) bond motifs is 7. The second kappa shape index (κ2) is 5.84. The fourth-order valence-electron chi connectivity index (χ4n) is 5.34. The van der Waals surface area contributed by atoms with Gasteiger partial charge in [0.1, 0.15) is 0 Å². The van der Waals surface area contributed by atoms with Gasteiger partial charge in [0.2, 0.25) is 0 Å². The zero-order chi connectivity index (χ0) is 18.0. The molecule has 134 valence electrons. The molecule has 1 fully saturated rings. The normalized spacial score (nSPS) is 16.2. The van der Waals surface area contributed by atoms with E-state index in [1.54, 1.807) is 5.56 Å². The van der Waals surface area contributed by atoms with Gasteiger partial charge in [-0.2, -0.15) is 0 Å². The lowest BCUT2D eigenvalue weighted by Crippen LogP contribution is -2.06. The third-order valence-electron chi connectivity index (χ3n) is 6.58. The van der Waals surface area contributed by atoms with Crippen molar-refractivity contribution < 1.29 is 0 Å². The Hall–Kier alpha value is -2.32. The van der Waals surface area contributed by atoms with Gasteiger partial charge in [-0.15, -0.1) is 11.3 Å². The lowest BCUT2D eigenvalue weighted by Gasteiger charge is -2.23. The molecule has 1 saturated carbocycles. The van der Waals surface area contributed by atoms with Gasteiger partial charge in [0, 0.05) is 43.5 Å². The maximum atomic E-state index is 2.54. The largest absolute Gasteiger partial charge is 0.343 e. The summed E-state index contributed by atoms with van der Waals surface area (Å²) in [5.74, 6) is 0.707. The van der Waals surface area contributed by atoms with Crippen LogP contribution in [0.25, 0.3) is 42.0 Å². The molecule has 1 aliphatic rings. The molecular formula is C25H23NS. The monoisotopic (exact) mass is 369 g/mol. The highest BCUT2D eigenvalue weighted by molar-refractivity contribution is 7.26. The summed E-state index contributed by atoms with van der Waals surface area (Å²) in [5.41, 5.74) is 4.41. The molecule has 0 atom stereocenters. The van der Waals surface area contributed by atoms with Crippen LogP contribution >= 0.6 is 11.3 Å². The van der Waals surface area contributed by atoms with E-state index in [1.165, 1.54) is 74.1 Å². The average Bonchev–Trinajstić information content (AvgIpc) is 3.24. The van der Waals surface area contributed by atoms with Crippen LogP contribution in [0.5, 0.6) is 0 Å². The van der Waals surface area contributed by atoms with Gasteiger partial charge in [-0.1, -0.05) is 55.7 Å². The zero-order valence-corrected chi connectivity index (χ0v) is 16.5. The number of thiophene rings is 1. The minimum absolute atomic E-state index is 0.707. The first-order chi connectivity index (χ1) is 13.3. The lowest BCUT2D eigenvalue weighted by atomic mass is 9.83. The third-order valence-corrected chi connectivity index (χ3v) is 7.70. The van der Waals surface area contributed by atoms with E-state index in [0.717, 1.165) is 0 Å². The van der Waals surface area contributed by atoms with E-state index >= 15 is 0 Å². The van der Waals surface area contributed by atoms with Gasteiger partial charge in [0.15, 0.2) is 0 Å². The van der Waals surface area contributed by atoms with Gasteiger partial charge in [-0.05, 0) is 42.5 Å². The van der Waals surface area contributed by atoms with Crippen LogP contribution < -0.4 is 0 Å². The summed E-state index contributed by atoms with van der Waals surface area (Å²) in [6, 6.07) is 20.4. The number of benzene rings is 3. The van der Waals surface area contributed by atoms with Crippen molar-refractivity contribution in [1.82, 2.24) is 4.57 Å². The van der Waals surface area contributed by atoms with E-state index in [1.807, 2.05) is 11.3 Å². The molecule has 2 heteroatoms. The number of nitrogens with zero attached hydrogens (tertiary/aromatic N) is 1. The fraction of sp³-hybridized carbons (Fsp3) is 0.280. The van der Waals surface area contributed by atoms with Crippen LogP contribution in [0.15, 0.2) is 54.6 Å². The first-order valence-electron chi connectivity index (χ1n) is 10.1. The maximum absolute atomic E-state index is 2.54. The quantitative estimate of drug-likeness (QED) is 0.285. The molecule has 0 unspecified atom stereocenters. The van der Waals surface area contributed by atoms with E-state index < -0.39 is 0 Å². The highest BCUT2D eigenvalue weighted by Crippen LogP contribution is 2.47. The summed E-state index contributed by atoms with van der Waals surface area (Å²) in [6.07, 6.45) is 6.83. The van der Waals surface area contributed by atoms with Crippen molar-refractivity contribution in [3.8, 4) is 0 Å². The summed E-state index contributed by atoms with van der Waals surface area (Å²) < 4.78 is 5.32. The van der Waals surface area contributed by atoms with Crippen molar-refractivity contribution in [3.05, 3.63) is 60.2 Å². The first-order valence-corrected chi connectivity index (χ1v) is 11.0. The van der Waals surface area contributed by atoms with Crippen molar-refractivity contribution in [2.75, 3.05) is 0 Å². The van der Waals surface area contributed by atoms with Crippen LogP contribution in [0.3, 0.4) is 0 Å². The second-order valence-electron chi connectivity index (χ2n) is 8.07. The third kappa shape index (κ3) is 2.17. The molecule has 27 heavy (non-hydrogen) atoms. The van der Waals surface area contributed by atoms with Gasteiger partial charge in [-0.25, -0.2) is 0 Å². The Labute approximate surface area is 163 Å². The minimum atomic E-state index is 0.707. The molecule has 1 aliphatic carbocycles. The summed E-state index contributed by atoms with van der Waals surface area (Å²) in [7, 11) is 2.26. The van der Waals surface area contributed by atoms with Gasteiger partial charge >= 0.3 is 0 Å². The Kier molecular flexibility index (Phi) is 3.40. The molecule has 0 saturated heterocycles. The molecule has 1 nitrogen and oxygen atoms in total. The summed E-state index contributed by atoms with van der Waals surface area (Å²) >= 11 is 1.96. The molecule has 0 aliphatic heterocycles. The Balaban J connectivity index is 1.86. The van der Waals surface area contributed by atoms with Crippen molar-refractivity contribution in [1.29, 1.82) is 0 Å². The molecule has 0 spiro atoms. The molecular weight excluding hydrogens is 346 g/mol. The van der Waals surface area contributed by atoms with E-state index in [4.69, 9.17) is 0 Å². The number of rotatable bonds is 1. The highest BCUT2D eigenvalue weighted by atomic mass is 32.1. The maximum Gasteiger partial charge on any atom is 0.0531 e. The summed E-state index contributed by atoms with van der Waals surface area (Å²) in [5, 5.41) is 5.75. The van der Waals surface area contributed by atoms with Crippen LogP contribution in [0.2, 0.25) is 0 Å². The van der Waals surface area contributed by atoms with Crippen molar-refractivity contribution in [3.63, 3.8) is 0 Å². The number of para-hydroxylation sites is 1. The SMILES string of the molecule is Cn1c2ccccc2c2c3c(cc(C4CCCCC4)c21)sc1ccccc13. The standard InChI is InChI=1S/C25H23NS/c1-26-20-13-7-5-11-17(20)24-23-18-12-6-8-14-21(18)27-22(23)15-19(25(24)26)16-9-3-2-4-10-16/h5-8,11-16H,2-4,9-10H2,1H3. The first kappa shape index (κ1) is 15.7. The second-order valence-corrected chi connectivity index (χ2v) is 9.16. The smallest absolute Gasteiger partial charge is 0.0531 e. The van der Waals surface area contributed by atoms with Crippen LogP contribution in [-0.4, -0.2) is 4.57 Å². The molecule has 6 rings (SSSR count). The van der Waals surface area contributed by atoms with Gasteiger partial charge < -0.3 is 4.57 Å². The van der Waals surface area contributed by atoms with Gasteiger partial charge in [0.25, 0.3) is 0 Å². The van der Waals surface area contributed by atoms with Crippen molar-refractivity contribution in [2.24, 2.45) is 7.05 Å². The number of aryl methyl sites for hydroxylation is 1. The predicted octanol–water partition coefficient (Wildman–Crippen LogP) is 7.75. The predicted molar refractivity (Wildman–Crippen MR) is 119 cm³/mol. The van der Waals surface area contributed by atoms with Crippen molar-refractivity contribution in [2.45, 2.75) is 38.0 Å². The molecule has 0 bridgehead atoms. The summed E-state index contributed by atoms with van der Waals surface area (Å²) in [4.78, 5) is 0. The topological polar surface area (TPSA) is 4.93 Å². The highest BCUT2D eigenvalue weighted by Gasteiger charge is 2.24. The van der Waals surface area contributed by atoms with Gasteiger partial charge in [0.05, 0.1) is 5.52 Å². The number of hydrogen-bond donors (Lipinski definition) is 0. The van der Waals surface area contributed by atoms with E-state index in [9.17, 15) is 0 Å². The summed E-state index contributed by atoms with van der Waals surface area (Å²) in [6.45, 7) is 0. The zero-order valence-electron chi connectivity index (χ0n) is 15.7. The van der Waals surface area contributed by atoms with E-state index in [2.05, 4.69) is 66.2 Å². The minimum Gasteiger partial charge on any atom is -0.343 e. The molecule has 0 amide bonds. The van der Waals surface area contributed by atoms with Crippen molar-refractivity contribution >= 4 is 53.3 Å². The van der Waals surface area contributed by atoms with Crippen LogP contribution in [0.1, 0.15) is 43.6 Å². The Morgan fingerprint density at radius 1 is 0.815 bits per heavy atom. The van der Waals surface area contributed by atoms with E-state index in [-0.39, 0.29) is 0 Å². The fourth-order valence-corrected chi connectivity index (χ4v) is 6.51. The molecule has 0 N–H and O–H groups in total. The van der Waals surface area contributed by atoms with Crippen LogP contribution in [-0.2, 0) is 7.05 Å². The molecule has 0 radical (unpaired) electrons. The molecule has 2 heterocycles. The van der Waals surface area contributed by atoms with Crippen LogP contribution in [0, 0.1) is 0 Å². The number of hydrogen-bond acceptors (Lipinski definition) is 1. The number of aromatic nitrogens is 1. The van der Waals surface area contributed by atoms with Crippen LogP contribution in [0.4, 0.5) is 0 Å². The average molecular weight is 370 g/mol. The Bertz CT molecular complexity index is 1310. The molecule has 2 aromatic heterocycles. The Morgan fingerprint density at radius 3 is 2.41 bits per heavy atom. The lowest BCUT2D eigenvalue weighted by molar-refractivity contribution is 0.445. The Morgan fingerprint density at radius 2 is 1.56 bits per heavy atom. The van der Waals surface area contributed by atoms with Gasteiger partial charge in [-0.3, -0.25) is 0 Å². The molecule has 5 aromatic rings.